The van der Waals surface area contributed by atoms with Gasteiger partial charge >= 0.3 is 0 Å². The maximum atomic E-state index is 11.8. The fourth-order valence-corrected chi connectivity index (χ4v) is 2.95. The highest BCUT2D eigenvalue weighted by Gasteiger charge is 2.53. The summed E-state index contributed by atoms with van der Waals surface area (Å²) in [7, 11) is -3.51. The molecule has 0 aliphatic heterocycles. The van der Waals surface area contributed by atoms with E-state index in [2.05, 4.69) is 0 Å². The predicted molar refractivity (Wildman–Crippen MR) is 63.7 cm³/mol. The van der Waals surface area contributed by atoms with Gasteiger partial charge in [0, 0.05) is 11.8 Å². The van der Waals surface area contributed by atoms with E-state index in [-0.39, 0.29) is 17.5 Å². The summed E-state index contributed by atoms with van der Waals surface area (Å²) in [5.41, 5.74) is -0.459. The molecule has 1 rings (SSSR count). The molecule has 1 saturated carbocycles. The number of Topliss-reactive ketones (excluding diaryl/α,β-unsaturated/α-hetero) is 1. The van der Waals surface area contributed by atoms with Crippen LogP contribution in [0.25, 0.3) is 0 Å². The topological polar surface area (TPSA) is 80.3 Å². The fourth-order valence-electron chi connectivity index (χ4n) is 2.36. The first-order valence-corrected chi connectivity index (χ1v) is 7.31. The minimum Gasteiger partial charge on any atom is -0.300 e. The van der Waals surface area contributed by atoms with Crippen LogP contribution in [0.4, 0.5) is 0 Å². The minimum atomic E-state index is -3.51. The summed E-state index contributed by atoms with van der Waals surface area (Å²) in [6, 6.07) is 0. The van der Waals surface area contributed by atoms with Crippen molar-refractivity contribution >= 4 is 21.7 Å². The summed E-state index contributed by atoms with van der Waals surface area (Å²) in [6.45, 7) is 6.62. The maximum absolute atomic E-state index is 11.8. The molecular weight excluding hydrogens is 242 g/mol. The lowest BCUT2D eigenvalue weighted by Gasteiger charge is -2.49. The zero-order valence-corrected chi connectivity index (χ0v) is 11.4. The van der Waals surface area contributed by atoms with E-state index in [0.717, 1.165) is 0 Å². The van der Waals surface area contributed by atoms with Crippen molar-refractivity contribution in [1.82, 2.24) is 4.72 Å². The number of carbonyl (C=O) groups excluding carboxylic acids is 2. The summed E-state index contributed by atoms with van der Waals surface area (Å²) in [4.78, 5) is 23.1. The highest BCUT2D eigenvalue weighted by Crippen LogP contribution is 2.51. The van der Waals surface area contributed by atoms with Gasteiger partial charge in [-0.05, 0) is 25.7 Å². The van der Waals surface area contributed by atoms with Crippen LogP contribution in [-0.4, -0.2) is 25.9 Å². The van der Waals surface area contributed by atoms with Crippen molar-refractivity contribution in [3.8, 4) is 0 Å². The molecule has 6 heteroatoms. The van der Waals surface area contributed by atoms with Crippen LogP contribution in [0.15, 0.2) is 0 Å². The highest BCUT2D eigenvalue weighted by atomic mass is 32.2. The van der Waals surface area contributed by atoms with Crippen LogP contribution in [0.5, 0.6) is 0 Å². The second-order valence-corrected chi connectivity index (χ2v) is 7.15. The predicted octanol–water partition coefficient (Wildman–Crippen LogP) is 0.704. The zero-order valence-electron chi connectivity index (χ0n) is 10.6. The Kier molecular flexibility index (Phi) is 3.66. The Morgan fingerprint density at radius 2 is 1.82 bits per heavy atom. The van der Waals surface area contributed by atoms with Crippen molar-refractivity contribution in [2.24, 2.45) is 17.3 Å². The molecule has 2 atom stereocenters. The van der Waals surface area contributed by atoms with Gasteiger partial charge in [-0.3, -0.25) is 14.3 Å². The molecule has 0 bridgehead atoms. The fraction of sp³-hybridized carbons (Fsp3) is 0.818. The molecule has 1 aliphatic rings. The van der Waals surface area contributed by atoms with Crippen LogP contribution in [0.1, 0.15) is 34.1 Å². The van der Waals surface area contributed by atoms with Gasteiger partial charge in [0.05, 0.1) is 5.75 Å². The third kappa shape index (κ3) is 2.68. The number of amides is 1. The summed E-state index contributed by atoms with van der Waals surface area (Å²) in [5.74, 6) is -1.12. The molecule has 17 heavy (non-hydrogen) atoms. The van der Waals surface area contributed by atoms with E-state index in [9.17, 15) is 18.0 Å². The van der Waals surface area contributed by atoms with Gasteiger partial charge in [-0.15, -0.1) is 0 Å². The Bertz CT molecular complexity index is 438. The number of ketones is 1. The molecule has 0 radical (unpaired) electrons. The average molecular weight is 261 g/mol. The zero-order chi connectivity index (χ0) is 13.4. The molecule has 98 valence electrons. The van der Waals surface area contributed by atoms with Crippen molar-refractivity contribution in [2.75, 3.05) is 5.75 Å². The molecule has 0 unspecified atom stereocenters. The van der Waals surface area contributed by atoms with Crippen LogP contribution in [0, 0.1) is 17.3 Å². The molecule has 1 aliphatic carbocycles. The largest absolute Gasteiger partial charge is 0.300 e. The second kappa shape index (κ2) is 4.40. The van der Waals surface area contributed by atoms with Gasteiger partial charge in [0.15, 0.2) is 0 Å². The summed E-state index contributed by atoms with van der Waals surface area (Å²) in [6.07, 6.45) is 0.438. The van der Waals surface area contributed by atoms with Crippen molar-refractivity contribution in [3.63, 3.8) is 0 Å². The standard InChI is InChI=1S/C11H19NO4S/c1-5-17(15,16)12-10(14)9-6-8(7(2)13)11(9,3)4/h8-9H,5-6H2,1-4H3,(H,12,14)/t8-,9+/m0/s1. The van der Waals surface area contributed by atoms with Gasteiger partial charge in [0.25, 0.3) is 0 Å². The van der Waals surface area contributed by atoms with Gasteiger partial charge in [-0.1, -0.05) is 13.8 Å². The van der Waals surface area contributed by atoms with E-state index in [0.29, 0.717) is 6.42 Å². The van der Waals surface area contributed by atoms with Gasteiger partial charge in [-0.25, -0.2) is 8.42 Å². The smallest absolute Gasteiger partial charge is 0.237 e. The first-order valence-electron chi connectivity index (χ1n) is 5.66. The molecule has 0 aromatic carbocycles. The van der Waals surface area contributed by atoms with E-state index in [1.165, 1.54) is 13.8 Å². The molecular formula is C11H19NO4S. The van der Waals surface area contributed by atoms with E-state index < -0.39 is 27.3 Å². The highest BCUT2D eigenvalue weighted by molar-refractivity contribution is 7.90. The third-order valence-corrected chi connectivity index (χ3v) is 4.98. The molecule has 0 spiro atoms. The normalized spacial score (nSPS) is 27.1. The van der Waals surface area contributed by atoms with Gasteiger partial charge in [-0.2, -0.15) is 0 Å². The van der Waals surface area contributed by atoms with Crippen molar-refractivity contribution < 1.29 is 18.0 Å². The summed E-state index contributed by atoms with van der Waals surface area (Å²) < 4.78 is 24.6. The third-order valence-electron chi connectivity index (χ3n) is 3.71. The first-order chi connectivity index (χ1) is 7.62. The SMILES string of the molecule is CCS(=O)(=O)NC(=O)[C@H]1C[C@@H](C(C)=O)C1(C)C. The van der Waals surface area contributed by atoms with Gasteiger partial charge < -0.3 is 0 Å². The van der Waals surface area contributed by atoms with Crippen molar-refractivity contribution in [2.45, 2.75) is 34.1 Å². The van der Waals surface area contributed by atoms with Crippen LogP contribution in [0.2, 0.25) is 0 Å². The lowest BCUT2D eigenvalue weighted by atomic mass is 9.53. The van der Waals surface area contributed by atoms with Gasteiger partial charge in [0.2, 0.25) is 15.9 Å². The molecule has 5 nitrogen and oxygen atoms in total. The lowest BCUT2D eigenvalue weighted by Crippen LogP contribution is -2.55. The Hall–Kier alpha value is -0.910. The molecule has 1 N–H and O–H groups in total. The molecule has 1 amide bonds. The van der Waals surface area contributed by atoms with Crippen LogP contribution in [-0.2, 0) is 19.6 Å². The Labute approximate surface area is 102 Å². The Morgan fingerprint density at radius 3 is 2.18 bits per heavy atom. The minimum absolute atomic E-state index is 0.0531. The van der Waals surface area contributed by atoms with E-state index >= 15 is 0 Å². The number of hydrogen-bond acceptors (Lipinski definition) is 4. The molecule has 0 saturated heterocycles. The summed E-state index contributed by atoms with van der Waals surface area (Å²) >= 11 is 0. The number of nitrogens with one attached hydrogen (secondary N) is 1. The van der Waals surface area contributed by atoms with E-state index in [4.69, 9.17) is 0 Å². The molecule has 0 aromatic heterocycles. The first kappa shape index (κ1) is 14.2. The van der Waals surface area contributed by atoms with Crippen LogP contribution in [0.3, 0.4) is 0 Å². The maximum Gasteiger partial charge on any atom is 0.237 e. The number of hydrogen-bond donors (Lipinski definition) is 1. The average Bonchev–Trinajstić information content (AvgIpc) is 2.14. The summed E-state index contributed by atoms with van der Waals surface area (Å²) in [5, 5.41) is 0. The van der Waals surface area contributed by atoms with E-state index in [1.807, 2.05) is 18.6 Å². The quantitative estimate of drug-likeness (QED) is 0.808. The Morgan fingerprint density at radius 1 is 1.29 bits per heavy atom. The number of rotatable bonds is 4. The second-order valence-electron chi connectivity index (χ2n) is 5.14. The lowest BCUT2D eigenvalue weighted by molar-refractivity contribution is -0.147. The molecule has 0 aromatic rings. The number of sulfonamides is 1. The van der Waals surface area contributed by atoms with Gasteiger partial charge in [0.1, 0.15) is 5.78 Å². The monoisotopic (exact) mass is 261 g/mol. The van der Waals surface area contributed by atoms with Crippen LogP contribution >= 0.6 is 0 Å². The Balaban J connectivity index is 2.73. The molecule has 0 heterocycles. The van der Waals surface area contributed by atoms with Crippen molar-refractivity contribution in [1.29, 1.82) is 0 Å². The number of carbonyl (C=O) groups is 2. The molecule has 1 fully saturated rings. The van der Waals surface area contributed by atoms with Crippen molar-refractivity contribution in [3.05, 3.63) is 0 Å². The van der Waals surface area contributed by atoms with E-state index in [1.54, 1.807) is 0 Å². The van der Waals surface area contributed by atoms with Crippen LogP contribution < -0.4 is 4.72 Å².